The molecule has 1 heterocycles. The molecular weight excluding hydrogens is 592 g/mol. The van der Waals surface area contributed by atoms with Gasteiger partial charge in [-0.3, -0.25) is 0 Å². The summed E-state index contributed by atoms with van der Waals surface area (Å²) in [6.45, 7) is -0.876. The van der Waals surface area contributed by atoms with Gasteiger partial charge in [0.1, 0.15) is 12.2 Å². The van der Waals surface area contributed by atoms with Crippen LogP contribution in [0.2, 0.25) is 0 Å². The van der Waals surface area contributed by atoms with E-state index in [1.165, 1.54) is 0 Å². The molecule has 2 aliphatic carbocycles. The van der Waals surface area contributed by atoms with Crippen molar-refractivity contribution in [1.29, 1.82) is 0 Å². The van der Waals surface area contributed by atoms with Gasteiger partial charge in [0.15, 0.2) is 0 Å². The quantitative estimate of drug-likeness (QED) is 0.111. The molecule has 1 saturated heterocycles. The number of halogens is 1. The smallest absolute Gasteiger partial charge is 0.256 e. The molecule has 0 bridgehead atoms. The van der Waals surface area contributed by atoms with Crippen LogP contribution in [0, 0.1) is 17.8 Å². The van der Waals surface area contributed by atoms with Crippen LogP contribution in [0.4, 0.5) is 5.69 Å². The van der Waals surface area contributed by atoms with Crippen molar-refractivity contribution in [3.05, 3.63) is 28.2 Å². The average molecular weight is 636 g/mol. The van der Waals surface area contributed by atoms with E-state index >= 15 is 0 Å². The predicted octanol–water partition coefficient (Wildman–Crippen LogP) is -1.12. The number of aliphatic hydroxyl groups excluding tert-OH is 7. The summed E-state index contributed by atoms with van der Waals surface area (Å²) in [5.41, 5.74) is 7.43. The van der Waals surface area contributed by atoms with E-state index in [2.05, 4.69) is 15.9 Å². The third kappa shape index (κ3) is 6.66. The van der Waals surface area contributed by atoms with Crippen molar-refractivity contribution in [2.75, 3.05) is 32.2 Å². The van der Waals surface area contributed by atoms with Gasteiger partial charge in [-0.25, -0.2) is 4.90 Å². The minimum Gasteiger partial charge on any atom is -0.398 e. The Kier molecular flexibility index (Phi) is 10.9. The number of rotatable bonds is 10. The second-order valence-corrected chi connectivity index (χ2v) is 12.4. The lowest BCUT2D eigenvalue weighted by Crippen LogP contribution is -2.60. The van der Waals surface area contributed by atoms with Crippen molar-refractivity contribution >= 4 is 21.6 Å². The van der Waals surface area contributed by atoms with Gasteiger partial charge in [-0.2, -0.15) is 0 Å². The zero-order valence-electron chi connectivity index (χ0n) is 22.4. The van der Waals surface area contributed by atoms with E-state index in [9.17, 15) is 40.9 Å². The Hall–Kier alpha value is -0.940. The van der Waals surface area contributed by atoms with Gasteiger partial charge in [0.2, 0.25) is 0 Å². The number of hydrogen-bond acceptors (Lipinski definition) is 12. The molecule has 1 aromatic rings. The molecule has 0 spiro atoms. The molecule has 2 saturated carbocycles. The summed E-state index contributed by atoms with van der Waals surface area (Å²) in [6.07, 6.45) is -4.45. The van der Waals surface area contributed by atoms with Gasteiger partial charge < -0.3 is 56.1 Å². The van der Waals surface area contributed by atoms with Crippen molar-refractivity contribution < 1.29 is 50.3 Å². The first-order valence-electron chi connectivity index (χ1n) is 13.9. The Morgan fingerprint density at radius 2 is 1.62 bits per heavy atom. The molecule has 3 aliphatic rings. The van der Waals surface area contributed by atoms with Crippen LogP contribution in [-0.4, -0.2) is 121 Å². The second-order valence-electron chi connectivity index (χ2n) is 11.5. The number of nitrogen functional groups attached to an aromatic ring is 1. The van der Waals surface area contributed by atoms with E-state index in [1.54, 1.807) is 17.0 Å². The molecular formula is C27H43BrN2O10. The Morgan fingerprint density at radius 1 is 0.950 bits per heavy atom. The summed E-state index contributed by atoms with van der Waals surface area (Å²) in [4.78, 5) is 1.65. The van der Waals surface area contributed by atoms with Crippen LogP contribution in [-0.2, 0) is 16.0 Å². The van der Waals surface area contributed by atoms with Gasteiger partial charge in [0, 0.05) is 47.1 Å². The number of ether oxygens (including phenoxy) is 2. The van der Waals surface area contributed by atoms with Crippen LogP contribution in [0.1, 0.15) is 37.7 Å². The van der Waals surface area contributed by atoms with Crippen LogP contribution in [0.15, 0.2) is 22.7 Å². The van der Waals surface area contributed by atoms with Crippen molar-refractivity contribution in [2.24, 2.45) is 17.8 Å². The average Bonchev–Trinajstić information content (AvgIpc) is 3.19. The van der Waals surface area contributed by atoms with Crippen LogP contribution in [0.3, 0.4) is 0 Å². The van der Waals surface area contributed by atoms with Gasteiger partial charge in [-0.05, 0) is 55.9 Å². The number of aliphatic hydroxyl groups is 8. The largest absolute Gasteiger partial charge is 0.398 e. The minimum atomic E-state index is -2.18. The molecule has 0 amide bonds. The molecule has 4 rings (SSSR count). The summed E-state index contributed by atoms with van der Waals surface area (Å²) in [6, 6.07) is 5.12. The first kappa shape index (κ1) is 32.0. The maximum atomic E-state index is 11.9. The van der Waals surface area contributed by atoms with Crippen LogP contribution >= 0.6 is 15.9 Å². The first-order valence-corrected chi connectivity index (χ1v) is 14.7. The van der Waals surface area contributed by atoms with E-state index in [-0.39, 0.29) is 38.8 Å². The van der Waals surface area contributed by atoms with Gasteiger partial charge in [0.05, 0.1) is 44.2 Å². The highest BCUT2D eigenvalue weighted by molar-refractivity contribution is 9.10. The highest BCUT2D eigenvalue weighted by atomic mass is 79.9. The SMILES string of the molecule is Nc1ccc(Br)cc1CN(C1CCC(O)CC1)[C@]1(O)O[C@H](CO)[C@@H](COC[C@@H]2C[C@H](CO)[C@H](O)[C@H](O)[C@H]2O)[C@@H]1O. The van der Waals surface area contributed by atoms with E-state index in [4.69, 9.17) is 15.2 Å². The van der Waals surface area contributed by atoms with Crippen molar-refractivity contribution in [3.8, 4) is 0 Å². The summed E-state index contributed by atoms with van der Waals surface area (Å²) in [5, 5.41) is 83.6. The number of nitrogens with two attached hydrogens (primary N) is 1. The third-order valence-electron chi connectivity index (χ3n) is 8.89. The normalized spacial score (nSPS) is 40.5. The number of hydrogen-bond donors (Lipinski definition) is 9. The molecule has 3 fully saturated rings. The molecule has 0 aromatic heterocycles. The lowest BCUT2D eigenvalue weighted by Gasteiger charge is -2.45. The summed E-state index contributed by atoms with van der Waals surface area (Å²) >= 11 is 3.45. The second kappa shape index (κ2) is 13.6. The number of nitrogens with zero attached hydrogens (tertiary/aromatic N) is 1. The van der Waals surface area contributed by atoms with Gasteiger partial charge in [-0.1, -0.05) is 15.9 Å². The minimum absolute atomic E-state index is 0.0416. The summed E-state index contributed by atoms with van der Waals surface area (Å²) in [5.74, 6) is -4.21. The fraction of sp³-hybridized carbons (Fsp3) is 0.778. The number of benzene rings is 1. The highest BCUT2D eigenvalue weighted by Crippen LogP contribution is 2.42. The van der Waals surface area contributed by atoms with E-state index < -0.39 is 66.9 Å². The maximum Gasteiger partial charge on any atom is 0.256 e. The molecule has 0 unspecified atom stereocenters. The molecule has 1 aliphatic heterocycles. The fourth-order valence-electron chi connectivity index (χ4n) is 6.37. The zero-order chi connectivity index (χ0) is 29.2. The maximum absolute atomic E-state index is 11.9. The predicted molar refractivity (Wildman–Crippen MR) is 146 cm³/mol. The van der Waals surface area contributed by atoms with E-state index in [1.807, 2.05) is 6.07 Å². The van der Waals surface area contributed by atoms with Crippen LogP contribution in [0.5, 0.6) is 0 Å². The van der Waals surface area contributed by atoms with E-state index in [0.717, 1.165) is 4.47 Å². The highest BCUT2D eigenvalue weighted by Gasteiger charge is 2.58. The monoisotopic (exact) mass is 634 g/mol. The fourth-order valence-corrected chi connectivity index (χ4v) is 6.78. The summed E-state index contributed by atoms with van der Waals surface area (Å²) < 4.78 is 12.6. The summed E-state index contributed by atoms with van der Waals surface area (Å²) in [7, 11) is 0. The third-order valence-corrected chi connectivity index (χ3v) is 9.38. The van der Waals surface area contributed by atoms with Crippen LogP contribution < -0.4 is 5.73 Å². The lowest BCUT2D eigenvalue weighted by atomic mass is 9.76. The first-order chi connectivity index (χ1) is 19.0. The van der Waals surface area contributed by atoms with Crippen LogP contribution in [0.25, 0.3) is 0 Å². The molecule has 13 heteroatoms. The number of anilines is 1. The Balaban J connectivity index is 1.50. The topological polar surface area (TPSA) is 210 Å². The van der Waals surface area contributed by atoms with Crippen molar-refractivity contribution in [2.45, 2.75) is 87.2 Å². The van der Waals surface area contributed by atoms with Gasteiger partial charge >= 0.3 is 0 Å². The Labute approximate surface area is 242 Å². The molecule has 10 N–H and O–H groups in total. The Morgan fingerprint density at radius 3 is 2.27 bits per heavy atom. The lowest BCUT2D eigenvalue weighted by molar-refractivity contribution is -0.327. The molecule has 0 radical (unpaired) electrons. The van der Waals surface area contributed by atoms with Gasteiger partial charge in [0.25, 0.3) is 5.91 Å². The molecule has 40 heavy (non-hydrogen) atoms. The van der Waals surface area contributed by atoms with Gasteiger partial charge in [-0.15, -0.1) is 0 Å². The molecule has 9 atom stereocenters. The standard InChI is InChI=1S/C27H43BrN2O10/c28-17-1-6-21(29)14(8-17)9-30(18-2-4-19(33)5-3-18)27(38)26(37)20(22(11-32)40-27)13-39-12-16-7-15(10-31)23(34)25(36)24(16)35/h1,6,8,15-16,18-20,22-26,31-38H,2-5,7,9-13,29H2/t15-,16+,18?,19?,20-,22-,23+,24+,25+,26+,27-/m1/s1. The van der Waals surface area contributed by atoms with Crippen molar-refractivity contribution in [3.63, 3.8) is 0 Å². The van der Waals surface area contributed by atoms with Crippen molar-refractivity contribution in [1.82, 2.24) is 4.90 Å². The molecule has 12 nitrogen and oxygen atoms in total. The molecule has 1 aromatic carbocycles. The Bertz CT molecular complexity index is 967. The molecule has 228 valence electrons. The van der Waals surface area contributed by atoms with E-state index in [0.29, 0.717) is 36.9 Å². The zero-order valence-corrected chi connectivity index (χ0v) is 24.0.